The van der Waals surface area contributed by atoms with Crippen LogP contribution in [0.2, 0.25) is 5.02 Å². The highest BCUT2D eigenvalue weighted by molar-refractivity contribution is 6.31. The maximum atomic E-state index is 5.85. The van der Waals surface area contributed by atoms with Crippen LogP contribution in [0.1, 0.15) is 5.69 Å². The molecule has 0 aromatic carbocycles. The number of nitrogens with one attached hydrogen (secondary N) is 1. The summed E-state index contributed by atoms with van der Waals surface area (Å²) in [5.74, 6) is 2.48. The number of hydrogen-bond acceptors (Lipinski definition) is 2. The first-order valence-electron chi connectivity index (χ1n) is 3.56. The minimum Gasteiger partial charge on any atom is -0.300 e. The van der Waals surface area contributed by atoms with Gasteiger partial charge in [-0.1, -0.05) is 17.5 Å². The van der Waals surface area contributed by atoms with Crippen molar-refractivity contribution in [3.63, 3.8) is 0 Å². The summed E-state index contributed by atoms with van der Waals surface area (Å²) in [6.07, 6.45) is 6.82. The second kappa shape index (κ2) is 4.15. The van der Waals surface area contributed by atoms with E-state index in [4.69, 9.17) is 18.0 Å². The number of aryl methyl sites for hydroxylation is 1. The van der Waals surface area contributed by atoms with Gasteiger partial charge in [-0.2, -0.15) is 5.10 Å². The van der Waals surface area contributed by atoms with Crippen LogP contribution in [0.3, 0.4) is 0 Å². The fourth-order valence-electron chi connectivity index (χ4n) is 0.878. The van der Waals surface area contributed by atoms with Crippen molar-refractivity contribution in [1.29, 1.82) is 0 Å². The first-order valence-corrected chi connectivity index (χ1v) is 3.94. The number of hydrogen-bond donors (Lipinski definition) is 1. The van der Waals surface area contributed by atoms with Crippen molar-refractivity contribution in [2.45, 2.75) is 6.54 Å². The second-order valence-electron chi connectivity index (χ2n) is 2.41. The van der Waals surface area contributed by atoms with Crippen LogP contribution in [0, 0.1) is 12.3 Å². The SMILES string of the molecule is C#CCNCc1nn(C)cc1Cl. The molecule has 1 N–H and O–H groups in total. The number of nitrogens with zero attached hydrogens (tertiary/aromatic N) is 2. The molecule has 0 radical (unpaired) electrons. The van der Waals surface area contributed by atoms with Crippen LogP contribution in [0.15, 0.2) is 6.20 Å². The molecule has 0 atom stereocenters. The third-order valence-corrected chi connectivity index (χ3v) is 1.69. The van der Waals surface area contributed by atoms with Crippen LogP contribution in [-0.2, 0) is 13.6 Å². The highest BCUT2D eigenvalue weighted by Gasteiger charge is 2.02. The van der Waals surface area contributed by atoms with Gasteiger partial charge in [-0.3, -0.25) is 4.68 Å². The van der Waals surface area contributed by atoms with Crippen LogP contribution < -0.4 is 5.32 Å². The van der Waals surface area contributed by atoms with Gasteiger partial charge in [0.1, 0.15) is 0 Å². The summed E-state index contributed by atoms with van der Waals surface area (Å²) >= 11 is 5.85. The van der Waals surface area contributed by atoms with E-state index in [1.54, 1.807) is 10.9 Å². The minimum absolute atomic E-state index is 0.535. The molecule has 4 heteroatoms. The lowest BCUT2D eigenvalue weighted by Crippen LogP contribution is -2.13. The Hall–Kier alpha value is -0.980. The predicted octanol–water partition coefficient (Wildman–Crippen LogP) is 0.796. The average Bonchev–Trinajstić information content (AvgIpc) is 2.31. The maximum absolute atomic E-state index is 5.85. The largest absolute Gasteiger partial charge is 0.300 e. The van der Waals surface area contributed by atoms with E-state index in [9.17, 15) is 0 Å². The maximum Gasteiger partial charge on any atom is 0.0948 e. The van der Waals surface area contributed by atoms with Crippen molar-refractivity contribution in [1.82, 2.24) is 15.1 Å². The van der Waals surface area contributed by atoms with E-state index in [-0.39, 0.29) is 0 Å². The van der Waals surface area contributed by atoms with Gasteiger partial charge in [-0.15, -0.1) is 6.42 Å². The molecule has 0 aliphatic heterocycles. The van der Waals surface area contributed by atoms with Gasteiger partial charge >= 0.3 is 0 Å². The third-order valence-electron chi connectivity index (χ3n) is 1.37. The molecule has 12 heavy (non-hydrogen) atoms. The molecule has 0 saturated heterocycles. The number of terminal acetylenes is 1. The van der Waals surface area contributed by atoms with Gasteiger partial charge in [0.15, 0.2) is 0 Å². The Balaban J connectivity index is 2.52. The molecule has 1 aromatic rings. The van der Waals surface area contributed by atoms with Gasteiger partial charge in [-0.25, -0.2) is 0 Å². The van der Waals surface area contributed by atoms with Gasteiger partial charge in [-0.05, 0) is 0 Å². The standard InChI is InChI=1S/C8H10ClN3/c1-3-4-10-5-8-7(9)6-12(2)11-8/h1,6,10H,4-5H2,2H3. The van der Waals surface area contributed by atoms with E-state index in [0.717, 1.165) is 5.69 Å². The Morgan fingerprint density at radius 3 is 3.08 bits per heavy atom. The van der Waals surface area contributed by atoms with Crippen LogP contribution in [-0.4, -0.2) is 16.3 Å². The van der Waals surface area contributed by atoms with E-state index in [0.29, 0.717) is 18.1 Å². The van der Waals surface area contributed by atoms with E-state index in [2.05, 4.69) is 16.3 Å². The van der Waals surface area contributed by atoms with E-state index >= 15 is 0 Å². The normalized spacial score (nSPS) is 9.75. The van der Waals surface area contributed by atoms with Gasteiger partial charge in [0.05, 0.1) is 17.3 Å². The summed E-state index contributed by atoms with van der Waals surface area (Å²) < 4.78 is 1.68. The highest BCUT2D eigenvalue weighted by atomic mass is 35.5. The molecular formula is C8H10ClN3. The molecule has 0 bridgehead atoms. The zero-order valence-corrected chi connectivity index (χ0v) is 7.60. The van der Waals surface area contributed by atoms with Crippen molar-refractivity contribution in [2.24, 2.45) is 7.05 Å². The van der Waals surface area contributed by atoms with Gasteiger partial charge in [0, 0.05) is 19.8 Å². The smallest absolute Gasteiger partial charge is 0.0948 e. The minimum atomic E-state index is 0.535. The molecule has 0 aliphatic rings. The van der Waals surface area contributed by atoms with Crippen molar-refractivity contribution < 1.29 is 0 Å². The molecule has 1 rings (SSSR count). The molecule has 0 aliphatic carbocycles. The van der Waals surface area contributed by atoms with E-state index < -0.39 is 0 Å². The van der Waals surface area contributed by atoms with Crippen LogP contribution in [0.5, 0.6) is 0 Å². The highest BCUT2D eigenvalue weighted by Crippen LogP contribution is 2.11. The number of aromatic nitrogens is 2. The van der Waals surface area contributed by atoms with Gasteiger partial charge < -0.3 is 5.32 Å². The molecule has 64 valence electrons. The lowest BCUT2D eigenvalue weighted by atomic mass is 10.4. The van der Waals surface area contributed by atoms with Gasteiger partial charge in [0.2, 0.25) is 0 Å². The summed E-state index contributed by atoms with van der Waals surface area (Å²) in [7, 11) is 1.83. The monoisotopic (exact) mass is 183 g/mol. The van der Waals surface area contributed by atoms with Crippen LogP contribution in [0.25, 0.3) is 0 Å². The van der Waals surface area contributed by atoms with Crippen molar-refractivity contribution in [3.8, 4) is 12.3 Å². The second-order valence-corrected chi connectivity index (χ2v) is 2.81. The average molecular weight is 184 g/mol. The summed E-state index contributed by atoms with van der Waals surface area (Å²) in [5, 5.41) is 7.81. The summed E-state index contributed by atoms with van der Waals surface area (Å²) in [5.41, 5.74) is 0.828. The topological polar surface area (TPSA) is 29.9 Å². The molecular weight excluding hydrogens is 174 g/mol. The van der Waals surface area contributed by atoms with Crippen LogP contribution in [0.4, 0.5) is 0 Å². The predicted molar refractivity (Wildman–Crippen MR) is 48.8 cm³/mol. The first kappa shape index (κ1) is 9.11. The lowest BCUT2D eigenvalue weighted by molar-refractivity contribution is 0.697. The fourth-order valence-corrected chi connectivity index (χ4v) is 1.12. The molecule has 3 nitrogen and oxygen atoms in total. The molecule has 0 unspecified atom stereocenters. The van der Waals surface area contributed by atoms with E-state index in [1.807, 2.05) is 7.05 Å². The Morgan fingerprint density at radius 2 is 2.58 bits per heavy atom. The zero-order chi connectivity index (χ0) is 8.97. The van der Waals surface area contributed by atoms with Crippen molar-refractivity contribution in [3.05, 3.63) is 16.9 Å². The quantitative estimate of drug-likeness (QED) is 0.555. The fraction of sp³-hybridized carbons (Fsp3) is 0.375. The van der Waals surface area contributed by atoms with Crippen molar-refractivity contribution >= 4 is 11.6 Å². The summed E-state index contributed by atoms with van der Waals surface area (Å²) in [4.78, 5) is 0. The molecule has 0 spiro atoms. The Kier molecular flexibility index (Phi) is 3.15. The van der Waals surface area contributed by atoms with Crippen LogP contribution >= 0.6 is 11.6 Å². The Bertz CT molecular complexity index is 298. The number of halogens is 1. The molecule has 0 fully saturated rings. The lowest BCUT2D eigenvalue weighted by Gasteiger charge is -1.96. The Morgan fingerprint density at radius 1 is 1.83 bits per heavy atom. The van der Waals surface area contributed by atoms with E-state index in [1.165, 1.54) is 0 Å². The zero-order valence-electron chi connectivity index (χ0n) is 6.84. The molecule has 0 saturated carbocycles. The number of rotatable bonds is 3. The third kappa shape index (κ3) is 2.26. The Labute approximate surface area is 76.7 Å². The summed E-state index contributed by atoms with van der Waals surface area (Å²) in [6.45, 7) is 1.15. The molecule has 0 amide bonds. The molecule has 1 heterocycles. The van der Waals surface area contributed by atoms with Crippen molar-refractivity contribution in [2.75, 3.05) is 6.54 Å². The first-order chi connectivity index (χ1) is 5.74. The molecule has 1 aromatic heterocycles. The summed E-state index contributed by atoms with van der Waals surface area (Å²) in [6, 6.07) is 0. The van der Waals surface area contributed by atoms with Gasteiger partial charge in [0.25, 0.3) is 0 Å².